The highest BCUT2D eigenvalue weighted by molar-refractivity contribution is 5.94. The third kappa shape index (κ3) is 6.31. The number of ether oxygens (including phenoxy) is 1. The molecule has 1 saturated carbocycles. The molecule has 0 saturated heterocycles. The summed E-state index contributed by atoms with van der Waals surface area (Å²) in [5.41, 5.74) is 2.87. The van der Waals surface area contributed by atoms with E-state index in [0.29, 0.717) is 16.9 Å². The van der Waals surface area contributed by atoms with E-state index in [1.807, 2.05) is 48.5 Å². The Kier molecular flexibility index (Phi) is 8.62. The van der Waals surface area contributed by atoms with Gasteiger partial charge in [0.15, 0.2) is 0 Å². The van der Waals surface area contributed by atoms with Crippen LogP contribution in [-0.4, -0.2) is 55.1 Å². The van der Waals surface area contributed by atoms with Crippen LogP contribution in [0, 0.1) is 5.82 Å². The predicted octanol–water partition coefficient (Wildman–Crippen LogP) is 5.19. The summed E-state index contributed by atoms with van der Waals surface area (Å²) >= 11 is 0. The summed E-state index contributed by atoms with van der Waals surface area (Å²) in [6, 6.07) is 20.0. The maximum Gasteiger partial charge on any atom is 0.247 e. The van der Waals surface area contributed by atoms with Crippen molar-refractivity contribution in [3.8, 4) is 17.1 Å². The van der Waals surface area contributed by atoms with Crippen molar-refractivity contribution in [1.29, 1.82) is 0 Å². The first-order valence-electron chi connectivity index (χ1n) is 14.8. The van der Waals surface area contributed by atoms with Gasteiger partial charge >= 0.3 is 0 Å². The molecule has 2 heterocycles. The van der Waals surface area contributed by atoms with Crippen molar-refractivity contribution in [3.05, 3.63) is 95.9 Å². The molecule has 0 aliphatic heterocycles. The highest BCUT2D eigenvalue weighted by Gasteiger charge is 2.35. The number of hydrogen-bond donors (Lipinski definition) is 2. The monoisotopic (exact) mass is 595 g/mol. The van der Waals surface area contributed by atoms with Crippen LogP contribution in [0.3, 0.4) is 0 Å². The molecule has 2 amide bonds. The van der Waals surface area contributed by atoms with Crippen LogP contribution in [0.5, 0.6) is 5.75 Å². The third-order valence-electron chi connectivity index (χ3n) is 8.11. The lowest BCUT2D eigenvalue weighted by Crippen LogP contribution is -2.47. The summed E-state index contributed by atoms with van der Waals surface area (Å²) in [5, 5.41) is 16.7. The second-order valence-electron chi connectivity index (χ2n) is 11.0. The third-order valence-corrected chi connectivity index (χ3v) is 8.11. The number of para-hydroxylation sites is 2. The number of benzene rings is 3. The molecule has 11 heteroatoms. The largest absolute Gasteiger partial charge is 0.496 e. The SMILES string of the molecule is COc1ccccc1CN(C(=O)Cn1nnc(-c2ccc(F)cc2)n1)[C@H](C(=O)NC1CCCCC1)c1c[nH]c2ccccc12. The number of halogens is 1. The Morgan fingerprint density at radius 1 is 1.05 bits per heavy atom. The van der Waals surface area contributed by atoms with Crippen molar-refractivity contribution in [2.45, 2.75) is 57.3 Å². The van der Waals surface area contributed by atoms with Gasteiger partial charge in [0.25, 0.3) is 0 Å². The second-order valence-corrected chi connectivity index (χ2v) is 11.0. The number of methoxy groups -OCH3 is 1. The Labute approximate surface area is 254 Å². The number of nitrogens with one attached hydrogen (secondary N) is 2. The number of aromatic nitrogens is 5. The first kappa shape index (κ1) is 29.0. The molecule has 2 aromatic heterocycles. The topological polar surface area (TPSA) is 118 Å². The second kappa shape index (κ2) is 13.1. The van der Waals surface area contributed by atoms with Gasteiger partial charge in [0.1, 0.15) is 24.2 Å². The first-order valence-corrected chi connectivity index (χ1v) is 14.8. The zero-order chi connectivity index (χ0) is 30.5. The fourth-order valence-corrected chi connectivity index (χ4v) is 5.88. The summed E-state index contributed by atoms with van der Waals surface area (Å²) in [6.07, 6.45) is 6.88. The smallest absolute Gasteiger partial charge is 0.247 e. The zero-order valence-corrected chi connectivity index (χ0v) is 24.4. The first-order chi connectivity index (χ1) is 21.5. The van der Waals surface area contributed by atoms with E-state index < -0.39 is 6.04 Å². The van der Waals surface area contributed by atoms with Gasteiger partial charge in [-0.3, -0.25) is 9.59 Å². The lowest BCUT2D eigenvalue weighted by Gasteiger charge is -2.33. The number of rotatable bonds is 10. The minimum absolute atomic E-state index is 0.0439. The average Bonchev–Trinajstić information content (AvgIpc) is 3.69. The predicted molar refractivity (Wildman–Crippen MR) is 163 cm³/mol. The van der Waals surface area contributed by atoms with Gasteiger partial charge in [-0.05, 0) is 54.5 Å². The molecule has 3 aromatic carbocycles. The molecule has 2 N–H and O–H groups in total. The van der Waals surface area contributed by atoms with E-state index in [2.05, 4.69) is 25.7 Å². The van der Waals surface area contributed by atoms with E-state index in [0.717, 1.165) is 48.6 Å². The van der Waals surface area contributed by atoms with Crippen LogP contribution in [0.2, 0.25) is 0 Å². The van der Waals surface area contributed by atoms with Gasteiger partial charge in [0, 0.05) is 39.8 Å². The molecule has 1 fully saturated rings. The highest BCUT2D eigenvalue weighted by atomic mass is 19.1. The minimum atomic E-state index is -0.953. The molecular weight excluding hydrogens is 561 g/mol. The van der Waals surface area contributed by atoms with E-state index in [9.17, 15) is 14.0 Å². The number of carbonyl (C=O) groups is 2. The summed E-state index contributed by atoms with van der Waals surface area (Å²) in [4.78, 5) is 34.6. The van der Waals surface area contributed by atoms with E-state index in [1.165, 1.54) is 16.9 Å². The molecule has 1 aliphatic rings. The summed E-state index contributed by atoms with van der Waals surface area (Å²) < 4.78 is 19.1. The Morgan fingerprint density at radius 3 is 2.59 bits per heavy atom. The van der Waals surface area contributed by atoms with Crippen LogP contribution in [0.4, 0.5) is 4.39 Å². The molecule has 0 unspecified atom stereocenters. The Hall–Kier alpha value is -5.06. The molecule has 5 aromatic rings. The molecule has 0 radical (unpaired) electrons. The number of nitrogens with zero attached hydrogens (tertiary/aromatic N) is 5. The maximum atomic E-state index is 14.3. The summed E-state index contributed by atoms with van der Waals surface area (Å²) in [6.45, 7) is -0.163. The highest BCUT2D eigenvalue weighted by Crippen LogP contribution is 2.32. The minimum Gasteiger partial charge on any atom is -0.496 e. The van der Waals surface area contributed by atoms with E-state index >= 15 is 0 Å². The van der Waals surface area contributed by atoms with Crippen molar-refractivity contribution < 1.29 is 18.7 Å². The Bertz CT molecular complexity index is 1740. The van der Waals surface area contributed by atoms with Gasteiger partial charge in [-0.2, -0.15) is 4.80 Å². The lowest BCUT2D eigenvalue weighted by molar-refractivity contribution is -0.142. The normalized spacial score (nSPS) is 14.3. The fourth-order valence-electron chi connectivity index (χ4n) is 5.88. The van der Waals surface area contributed by atoms with Gasteiger partial charge < -0.3 is 19.9 Å². The van der Waals surface area contributed by atoms with Crippen LogP contribution in [0.15, 0.2) is 79.0 Å². The van der Waals surface area contributed by atoms with Gasteiger partial charge in [0.05, 0.1) is 13.7 Å². The lowest BCUT2D eigenvalue weighted by atomic mass is 9.94. The number of H-pyrrole nitrogens is 1. The number of carbonyl (C=O) groups excluding carboxylic acids is 2. The molecule has 0 spiro atoms. The van der Waals surface area contributed by atoms with Crippen LogP contribution < -0.4 is 10.1 Å². The van der Waals surface area contributed by atoms with Crippen LogP contribution in [-0.2, 0) is 22.7 Å². The van der Waals surface area contributed by atoms with Gasteiger partial charge in [-0.15, -0.1) is 10.2 Å². The fraction of sp³-hybridized carbons (Fsp3) is 0.303. The van der Waals surface area contributed by atoms with Crippen LogP contribution in [0.25, 0.3) is 22.3 Å². The van der Waals surface area contributed by atoms with E-state index in [1.54, 1.807) is 30.3 Å². The standard InChI is InChI=1S/C33H34FN7O3/c1-44-29-14-8-5-9-23(29)20-40(30(42)21-41-38-32(37-39-41)22-15-17-24(34)18-16-22)31(33(43)36-25-10-3-2-4-11-25)27-19-35-28-13-7-6-12-26(27)28/h5-9,12-19,25,31,35H,2-4,10-11,20-21H2,1H3,(H,36,43)/t31-/m0/s1. The molecule has 1 atom stereocenters. The molecule has 0 bridgehead atoms. The van der Waals surface area contributed by atoms with E-state index in [-0.39, 0.29) is 42.6 Å². The van der Waals surface area contributed by atoms with E-state index in [4.69, 9.17) is 4.74 Å². The van der Waals surface area contributed by atoms with Crippen molar-refractivity contribution in [3.63, 3.8) is 0 Å². The number of tetrazole rings is 1. The summed E-state index contributed by atoms with van der Waals surface area (Å²) in [7, 11) is 1.58. The van der Waals surface area contributed by atoms with Crippen LogP contribution in [0.1, 0.15) is 49.3 Å². The molecule has 226 valence electrons. The van der Waals surface area contributed by atoms with Crippen LogP contribution >= 0.6 is 0 Å². The van der Waals surface area contributed by atoms with Crippen molar-refractivity contribution in [2.75, 3.05) is 7.11 Å². The number of fused-ring (bicyclic) bond motifs is 1. The maximum absolute atomic E-state index is 14.3. The zero-order valence-electron chi connectivity index (χ0n) is 24.4. The Balaban J connectivity index is 1.38. The van der Waals surface area contributed by atoms with Gasteiger partial charge in [-0.25, -0.2) is 4.39 Å². The number of hydrogen-bond acceptors (Lipinski definition) is 6. The van der Waals surface area contributed by atoms with Gasteiger partial charge in [-0.1, -0.05) is 55.7 Å². The average molecular weight is 596 g/mol. The quantitative estimate of drug-likeness (QED) is 0.230. The van der Waals surface area contributed by atoms with Crippen molar-refractivity contribution in [1.82, 2.24) is 35.4 Å². The number of aromatic amines is 1. The summed E-state index contributed by atoms with van der Waals surface area (Å²) in [5.74, 6) is -0.139. The molecule has 1 aliphatic carbocycles. The molecular formula is C33H34FN7O3. The van der Waals surface area contributed by atoms with Crippen molar-refractivity contribution in [2.24, 2.45) is 0 Å². The number of amides is 2. The molecule has 44 heavy (non-hydrogen) atoms. The van der Waals surface area contributed by atoms with Gasteiger partial charge in [0.2, 0.25) is 17.6 Å². The molecule has 6 rings (SSSR count). The van der Waals surface area contributed by atoms with Crippen molar-refractivity contribution >= 4 is 22.7 Å². The Morgan fingerprint density at radius 2 is 1.80 bits per heavy atom. The molecule has 10 nitrogen and oxygen atoms in total.